The smallest absolute Gasteiger partial charge is 0.166 e. The monoisotopic (exact) mass is 189 g/mol. The van der Waals surface area contributed by atoms with Gasteiger partial charge in [0.05, 0.1) is 6.61 Å². The van der Waals surface area contributed by atoms with Gasteiger partial charge in [-0.25, -0.2) is 0 Å². The van der Waals surface area contributed by atoms with Gasteiger partial charge in [0.1, 0.15) is 10.2 Å². The predicted molar refractivity (Wildman–Crippen MR) is 48.2 cm³/mol. The third kappa shape index (κ3) is 4.87. The molecule has 0 aromatic rings. The van der Waals surface area contributed by atoms with Crippen molar-refractivity contribution in [2.75, 3.05) is 26.4 Å². The number of hydrogen-bond acceptors (Lipinski definition) is 3. The van der Waals surface area contributed by atoms with Crippen molar-refractivity contribution in [1.29, 1.82) is 0 Å². The standard InChI is InChI=1S/C8H17O3Si/c1-4-9-7-8(12,10-5-2)11-6-3/h4-7H2,1-3H3. The molecule has 0 aromatic carbocycles. The van der Waals surface area contributed by atoms with Gasteiger partial charge in [-0.3, -0.25) is 0 Å². The molecule has 0 saturated heterocycles. The quantitative estimate of drug-likeness (QED) is 0.440. The van der Waals surface area contributed by atoms with Crippen molar-refractivity contribution in [3.8, 4) is 0 Å². The summed E-state index contributed by atoms with van der Waals surface area (Å²) in [6.45, 7) is 8.02. The lowest BCUT2D eigenvalue weighted by Gasteiger charge is -2.28. The van der Waals surface area contributed by atoms with Gasteiger partial charge in [0.25, 0.3) is 0 Å². The maximum Gasteiger partial charge on any atom is 0.166 e. The second-order valence-corrected chi connectivity index (χ2v) is 3.02. The van der Waals surface area contributed by atoms with Crippen molar-refractivity contribution in [3.05, 3.63) is 0 Å². The van der Waals surface area contributed by atoms with Gasteiger partial charge in [0.2, 0.25) is 0 Å². The van der Waals surface area contributed by atoms with Crippen LogP contribution >= 0.6 is 0 Å². The van der Waals surface area contributed by atoms with E-state index >= 15 is 0 Å². The molecule has 0 amide bonds. The first-order chi connectivity index (χ1) is 5.68. The van der Waals surface area contributed by atoms with Crippen LogP contribution in [0, 0.1) is 0 Å². The molecule has 0 N–H and O–H groups in total. The van der Waals surface area contributed by atoms with Gasteiger partial charge in [0, 0.05) is 19.8 Å². The Morgan fingerprint density at radius 3 is 1.83 bits per heavy atom. The van der Waals surface area contributed by atoms with E-state index in [1.165, 1.54) is 0 Å². The number of hydrogen-bond donors (Lipinski definition) is 0. The summed E-state index contributed by atoms with van der Waals surface area (Å²) in [5, 5.41) is 0. The molecule has 71 valence electrons. The van der Waals surface area contributed by atoms with Crippen LogP contribution in [-0.2, 0) is 14.2 Å². The van der Waals surface area contributed by atoms with Crippen LogP contribution in [0.4, 0.5) is 0 Å². The topological polar surface area (TPSA) is 27.7 Å². The molecule has 0 atom stereocenters. The Labute approximate surface area is 77.8 Å². The van der Waals surface area contributed by atoms with E-state index in [4.69, 9.17) is 14.2 Å². The minimum Gasteiger partial charge on any atom is -0.377 e. The Kier molecular flexibility index (Phi) is 6.65. The SMILES string of the molecule is CCOCC([Si])(OCC)OCC. The highest BCUT2D eigenvalue weighted by Gasteiger charge is 2.24. The zero-order valence-electron chi connectivity index (χ0n) is 8.05. The molecule has 0 aliphatic carbocycles. The summed E-state index contributed by atoms with van der Waals surface area (Å²) in [5.41, 5.74) is -0.764. The molecule has 12 heavy (non-hydrogen) atoms. The summed E-state index contributed by atoms with van der Waals surface area (Å²) in [5.74, 6) is 0. The van der Waals surface area contributed by atoms with Crippen LogP contribution in [0.5, 0.6) is 0 Å². The average Bonchev–Trinajstić information content (AvgIpc) is 2.02. The Morgan fingerprint density at radius 2 is 1.50 bits per heavy atom. The lowest BCUT2D eigenvalue weighted by molar-refractivity contribution is -0.201. The molecule has 0 saturated carbocycles. The Bertz CT molecular complexity index is 102. The molecular formula is C8H17O3Si. The van der Waals surface area contributed by atoms with E-state index in [-0.39, 0.29) is 0 Å². The van der Waals surface area contributed by atoms with Crippen molar-refractivity contribution >= 4 is 10.2 Å². The van der Waals surface area contributed by atoms with Gasteiger partial charge in [-0.1, -0.05) is 0 Å². The van der Waals surface area contributed by atoms with Crippen LogP contribution in [0.3, 0.4) is 0 Å². The number of ether oxygens (including phenoxy) is 3. The molecule has 0 aliphatic heterocycles. The fraction of sp³-hybridized carbons (Fsp3) is 1.00. The summed E-state index contributed by atoms with van der Waals surface area (Å²) < 4.78 is 15.9. The molecule has 0 aliphatic rings. The largest absolute Gasteiger partial charge is 0.377 e. The first kappa shape index (κ1) is 12.1. The van der Waals surface area contributed by atoms with E-state index in [1.54, 1.807) is 0 Å². The molecule has 3 nitrogen and oxygen atoms in total. The maximum absolute atomic E-state index is 5.34. The first-order valence-electron chi connectivity index (χ1n) is 4.29. The van der Waals surface area contributed by atoms with E-state index < -0.39 is 5.41 Å². The molecule has 4 heteroatoms. The van der Waals surface area contributed by atoms with Crippen molar-refractivity contribution in [2.45, 2.75) is 26.2 Å². The zero-order valence-corrected chi connectivity index (χ0v) is 9.05. The lowest BCUT2D eigenvalue weighted by Crippen LogP contribution is -2.41. The van der Waals surface area contributed by atoms with Gasteiger partial charge >= 0.3 is 0 Å². The van der Waals surface area contributed by atoms with Crippen molar-refractivity contribution in [3.63, 3.8) is 0 Å². The molecular weight excluding hydrogens is 172 g/mol. The third-order valence-electron chi connectivity index (χ3n) is 1.25. The normalized spacial score (nSPS) is 12.0. The van der Waals surface area contributed by atoms with Gasteiger partial charge in [-0.15, -0.1) is 0 Å². The molecule has 0 unspecified atom stereocenters. The minimum atomic E-state index is -0.764. The summed E-state index contributed by atoms with van der Waals surface area (Å²) in [6.07, 6.45) is 0. The highest BCUT2D eigenvalue weighted by molar-refractivity contribution is 6.13. The van der Waals surface area contributed by atoms with Crippen LogP contribution in [-0.4, -0.2) is 42.1 Å². The molecule has 0 heterocycles. The summed E-state index contributed by atoms with van der Waals surface area (Å²) >= 11 is 0. The summed E-state index contributed by atoms with van der Waals surface area (Å²) in [6, 6.07) is 0. The van der Waals surface area contributed by atoms with Gasteiger partial charge in [-0.05, 0) is 20.8 Å². The van der Waals surface area contributed by atoms with Gasteiger partial charge in [0.15, 0.2) is 5.41 Å². The van der Waals surface area contributed by atoms with Crippen molar-refractivity contribution in [2.24, 2.45) is 0 Å². The Hall–Kier alpha value is 0.0969. The zero-order chi connectivity index (χ0) is 9.45. The first-order valence-corrected chi connectivity index (χ1v) is 4.79. The van der Waals surface area contributed by atoms with Crippen LogP contribution in [0.1, 0.15) is 20.8 Å². The van der Waals surface area contributed by atoms with E-state index in [1.807, 2.05) is 20.8 Å². The molecule has 0 bridgehead atoms. The van der Waals surface area contributed by atoms with E-state index in [0.29, 0.717) is 26.4 Å². The summed E-state index contributed by atoms with van der Waals surface area (Å²) in [7, 11) is 3.39. The summed E-state index contributed by atoms with van der Waals surface area (Å²) in [4.78, 5) is 0. The second-order valence-electron chi connectivity index (χ2n) is 2.26. The van der Waals surface area contributed by atoms with Crippen LogP contribution in [0.25, 0.3) is 0 Å². The Morgan fingerprint density at radius 1 is 1.00 bits per heavy atom. The van der Waals surface area contributed by atoms with E-state index in [9.17, 15) is 0 Å². The second kappa shape index (κ2) is 6.60. The molecule has 3 radical (unpaired) electrons. The lowest BCUT2D eigenvalue weighted by atomic mass is 10.6. The molecule has 0 aromatic heterocycles. The van der Waals surface area contributed by atoms with Gasteiger partial charge < -0.3 is 14.2 Å². The third-order valence-corrected chi connectivity index (χ3v) is 1.68. The van der Waals surface area contributed by atoms with Crippen molar-refractivity contribution < 1.29 is 14.2 Å². The van der Waals surface area contributed by atoms with Crippen molar-refractivity contribution in [1.82, 2.24) is 0 Å². The fourth-order valence-corrected chi connectivity index (χ4v) is 1.22. The maximum atomic E-state index is 5.34. The predicted octanol–water partition coefficient (Wildman–Crippen LogP) is 0.918. The Balaban J connectivity index is 3.80. The van der Waals surface area contributed by atoms with E-state index in [0.717, 1.165) is 0 Å². The highest BCUT2D eigenvalue weighted by atomic mass is 28.1. The highest BCUT2D eigenvalue weighted by Crippen LogP contribution is 2.08. The number of rotatable bonds is 7. The molecule has 0 rings (SSSR count). The molecule has 0 spiro atoms. The van der Waals surface area contributed by atoms with Crippen LogP contribution in [0.15, 0.2) is 0 Å². The minimum absolute atomic E-state index is 0.405. The fourth-order valence-electron chi connectivity index (χ4n) is 0.828. The van der Waals surface area contributed by atoms with Crippen LogP contribution < -0.4 is 0 Å². The van der Waals surface area contributed by atoms with Gasteiger partial charge in [-0.2, -0.15) is 0 Å². The molecule has 0 fully saturated rings. The van der Waals surface area contributed by atoms with E-state index in [2.05, 4.69) is 10.2 Å². The van der Waals surface area contributed by atoms with Crippen LogP contribution in [0.2, 0.25) is 0 Å². The average molecular weight is 189 g/mol.